The molecule has 2 aromatic carbocycles. The number of carbonyl (C=O) groups excluding carboxylic acids is 1. The molecular formula is C23H27BrN4O2S. The molecule has 0 bridgehead atoms. The zero-order valence-electron chi connectivity index (χ0n) is 18.0. The van der Waals surface area contributed by atoms with Gasteiger partial charge in [-0.1, -0.05) is 64.9 Å². The van der Waals surface area contributed by atoms with Crippen LogP contribution >= 0.6 is 27.7 Å². The molecular weight excluding hydrogens is 476 g/mol. The van der Waals surface area contributed by atoms with Crippen molar-refractivity contribution in [2.75, 3.05) is 24.8 Å². The van der Waals surface area contributed by atoms with Crippen LogP contribution in [0, 0.1) is 6.92 Å². The zero-order chi connectivity index (χ0) is 22.2. The Kier molecular flexibility index (Phi) is 8.69. The highest BCUT2D eigenvalue weighted by atomic mass is 79.9. The molecule has 8 heteroatoms. The van der Waals surface area contributed by atoms with Gasteiger partial charge in [0.1, 0.15) is 5.82 Å². The number of thioether (sulfide) groups is 1. The molecule has 3 aromatic rings. The number of halogens is 1. The Balaban J connectivity index is 1.70. The lowest BCUT2D eigenvalue weighted by molar-refractivity contribution is -0.113. The van der Waals surface area contributed by atoms with E-state index in [4.69, 9.17) is 4.74 Å². The number of aromatic nitrogens is 3. The Morgan fingerprint density at radius 1 is 1.23 bits per heavy atom. The van der Waals surface area contributed by atoms with Gasteiger partial charge >= 0.3 is 0 Å². The van der Waals surface area contributed by atoms with Crippen molar-refractivity contribution >= 4 is 39.3 Å². The summed E-state index contributed by atoms with van der Waals surface area (Å²) in [5.74, 6) is 1.06. The SMILES string of the molecule is CCc1cc(Br)cc(C)c1NC(=O)CSc1nnc(Cc2ccccc2)n1CCOC. The molecule has 0 saturated carbocycles. The number of amides is 1. The predicted molar refractivity (Wildman–Crippen MR) is 129 cm³/mol. The normalized spacial score (nSPS) is 11.0. The first-order chi connectivity index (χ1) is 15.0. The van der Waals surface area contributed by atoms with Crippen LogP contribution in [0.15, 0.2) is 52.1 Å². The molecule has 1 amide bonds. The van der Waals surface area contributed by atoms with E-state index in [0.717, 1.165) is 38.7 Å². The molecule has 31 heavy (non-hydrogen) atoms. The van der Waals surface area contributed by atoms with E-state index < -0.39 is 0 Å². The summed E-state index contributed by atoms with van der Waals surface area (Å²) in [4.78, 5) is 12.7. The van der Waals surface area contributed by atoms with Gasteiger partial charge in [-0.3, -0.25) is 4.79 Å². The second-order valence-corrected chi connectivity index (χ2v) is 9.01. The maximum absolute atomic E-state index is 12.7. The second kappa shape index (κ2) is 11.5. The third-order valence-electron chi connectivity index (χ3n) is 4.88. The second-order valence-electron chi connectivity index (χ2n) is 7.15. The number of rotatable bonds is 10. The van der Waals surface area contributed by atoms with E-state index in [1.807, 2.05) is 41.8 Å². The Hall–Kier alpha value is -2.16. The molecule has 6 nitrogen and oxygen atoms in total. The van der Waals surface area contributed by atoms with E-state index in [1.165, 1.54) is 17.3 Å². The first-order valence-corrected chi connectivity index (χ1v) is 12.0. The summed E-state index contributed by atoms with van der Waals surface area (Å²) in [6.45, 7) is 5.28. The summed E-state index contributed by atoms with van der Waals surface area (Å²) < 4.78 is 8.32. The monoisotopic (exact) mass is 502 g/mol. The van der Waals surface area contributed by atoms with Crippen molar-refractivity contribution in [1.82, 2.24) is 14.8 Å². The number of aryl methyl sites for hydroxylation is 2. The molecule has 1 N–H and O–H groups in total. The van der Waals surface area contributed by atoms with E-state index in [2.05, 4.69) is 50.5 Å². The minimum atomic E-state index is -0.0592. The van der Waals surface area contributed by atoms with E-state index >= 15 is 0 Å². The lowest BCUT2D eigenvalue weighted by atomic mass is 10.1. The fraction of sp³-hybridized carbons (Fsp3) is 0.348. The average Bonchev–Trinajstić information content (AvgIpc) is 3.14. The maximum Gasteiger partial charge on any atom is 0.234 e. The molecule has 0 aliphatic heterocycles. The van der Waals surface area contributed by atoms with Crippen molar-refractivity contribution in [3.05, 3.63) is 69.5 Å². The van der Waals surface area contributed by atoms with Gasteiger partial charge in [-0.05, 0) is 42.2 Å². The van der Waals surface area contributed by atoms with Crippen molar-refractivity contribution in [3.8, 4) is 0 Å². The van der Waals surface area contributed by atoms with Crippen molar-refractivity contribution < 1.29 is 9.53 Å². The summed E-state index contributed by atoms with van der Waals surface area (Å²) in [6.07, 6.45) is 1.53. The fourth-order valence-corrected chi connectivity index (χ4v) is 4.72. The van der Waals surface area contributed by atoms with E-state index in [1.54, 1.807) is 7.11 Å². The highest BCUT2D eigenvalue weighted by Crippen LogP contribution is 2.27. The van der Waals surface area contributed by atoms with Gasteiger partial charge in [0, 0.05) is 30.2 Å². The Bertz CT molecular complexity index is 1020. The van der Waals surface area contributed by atoms with Crippen LogP contribution in [-0.4, -0.2) is 40.1 Å². The van der Waals surface area contributed by atoms with Crippen molar-refractivity contribution in [3.63, 3.8) is 0 Å². The summed E-state index contributed by atoms with van der Waals surface area (Å²) in [7, 11) is 1.67. The quantitative estimate of drug-likeness (QED) is 0.400. The molecule has 0 aliphatic carbocycles. The molecule has 0 fully saturated rings. The lowest BCUT2D eigenvalue weighted by Crippen LogP contribution is -2.17. The van der Waals surface area contributed by atoms with Gasteiger partial charge in [0.2, 0.25) is 5.91 Å². The topological polar surface area (TPSA) is 69.0 Å². The number of carbonyl (C=O) groups is 1. The number of methoxy groups -OCH3 is 1. The van der Waals surface area contributed by atoms with Gasteiger partial charge < -0.3 is 14.6 Å². The standard InChI is InChI=1S/C23H27BrN4O2S/c1-4-18-14-19(24)12-16(2)22(18)25-21(29)15-31-23-27-26-20(28(23)10-11-30-3)13-17-8-6-5-7-9-17/h5-9,12,14H,4,10-11,13,15H2,1-3H3,(H,25,29). The number of nitrogens with one attached hydrogen (secondary N) is 1. The van der Waals surface area contributed by atoms with Crippen LogP contribution < -0.4 is 5.32 Å². The number of nitrogens with zero attached hydrogens (tertiary/aromatic N) is 3. The fourth-order valence-electron chi connectivity index (χ4n) is 3.32. The largest absolute Gasteiger partial charge is 0.383 e. The molecule has 0 radical (unpaired) electrons. The summed E-state index contributed by atoms with van der Waals surface area (Å²) in [5, 5.41) is 12.5. The first-order valence-electron chi connectivity index (χ1n) is 10.2. The molecule has 1 heterocycles. The number of hydrogen-bond acceptors (Lipinski definition) is 5. The van der Waals surface area contributed by atoms with Crippen molar-refractivity contribution in [1.29, 1.82) is 0 Å². The number of anilines is 1. The number of ether oxygens (including phenoxy) is 1. The van der Waals surface area contributed by atoms with Gasteiger partial charge in [0.05, 0.1) is 12.4 Å². The van der Waals surface area contributed by atoms with Crippen LogP contribution in [0.1, 0.15) is 29.4 Å². The Morgan fingerprint density at radius 3 is 2.71 bits per heavy atom. The van der Waals surface area contributed by atoms with Crippen LogP contribution in [0.2, 0.25) is 0 Å². The third kappa shape index (κ3) is 6.41. The molecule has 0 saturated heterocycles. The molecule has 0 unspecified atom stereocenters. The van der Waals surface area contributed by atoms with Crippen LogP contribution in [0.4, 0.5) is 5.69 Å². The van der Waals surface area contributed by atoms with Crippen LogP contribution in [0.3, 0.4) is 0 Å². The minimum Gasteiger partial charge on any atom is -0.383 e. The summed E-state index contributed by atoms with van der Waals surface area (Å²) >= 11 is 4.92. The molecule has 3 rings (SSSR count). The highest BCUT2D eigenvalue weighted by Gasteiger charge is 2.16. The molecule has 1 aromatic heterocycles. The summed E-state index contributed by atoms with van der Waals surface area (Å²) in [6, 6.07) is 14.2. The smallest absolute Gasteiger partial charge is 0.234 e. The average molecular weight is 503 g/mol. The molecule has 0 aliphatic rings. The van der Waals surface area contributed by atoms with Gasteiger partial charge in [0.25, 0.3) is 0 Å². The molecule has 0 spiro atoms. The van der Waals surface area contributed by atoms with Crippen LogP contribution in [0.5, 0.6) is 0 Å². The number of hydrogen-bond donors (Lipinski definition) is 1. The zero-order valence-corrected chi connectivity index (χ0v) is 20.4. The van der Waals surface area contributed by atoms with Crippen molar-refractivity contribution in [2.45, 2.75) is 38.4 Å². The van der Waals surface area contributed by atoms with E-state index in [-0.39, 0.29) is 11.7 Å². The van der Waals surface area contributed by atoms with Gasteiger partial charge in [0.15, 0.2) is 5.16 Å². The maximum atomic E-state index is 12.7. The van der Waals surface area contributed by atoms with Gasteiger partial charge in [-0.25, -0.2) is 0 Å². The molecule has 0 atom stereocenters. The van der Waals surface area contributed by atoms with E-state index in [9.17, 15) is 4.79 Å². The van der Waals surface area contributed by atoms with Gasteiger partial charge in [-0.2, -0.15) is 0 Å². The Labute approximate surface area is 195 Å². The predicted octanol–water partition coefficient (Wildman–Crippen LogP) is 4.88. The number of benzene rings is 2. The third-order valence-corrected chi connectivity index (χ3v) is 6.30. The van der Waals surface area contributed by atoms with E-state index in [0.29, 0.717) is 19.6 Å². The summed E-state index contributed by atoms with van der Waals surface area (Å²) in [5.41, 5.74) is 4.21. The van der Waals surface area contributed by atoms with Gasteiger partial charge in [-0.15, -0.1) is 10.2 Å². The first kappa shape index (κ1) is 23.5. The Morgan fingerprint density at radius 2 is 2.00 bits per heavy atom. The minimum absolute atomic E-state index is 0.0592. The van der Waals surface area contributed by atoms with Crippen LogP contribution in [-0.2, 0) is 28.9 Å². The highest BCUT2D eigenvalue weighted by molar-refractivity contribution is 9.10. The van der Waals surface area contributed by atoms with Crippen molar-refractivity contribution in [2.24, 2.45) is 0 Å². The lowest BCUT2D eigenvalue weighted by Gasteiger charge is -2.14. The van der Waals surface area contributed by atoms with Crippen LogP contribution in [0.25, 0.3) is 0 Å². The molecule has 164 valence electrons.